The molecule has 5 rings (SSSR count). The zero-order valence-corrected chi connectivity index (χ0v) is 23.5. The summed E-state index contributed by atoms with van der Waals surface area (Å²) in [5.41, 5.74) is 8.59. The molecule has 0 amide bonds. The number of nitrogens with two attached hydrogens (primary N) is 1. The molecule has 1 aliphatic carbocycles. The van der Waals surface area contributed by atoms with E-state index >= 15 is 0 Å². The Morgan fingerprint density at radius 3 is 2.74 bits per heavy atom. The van der Waals surface area contributed by atoms with Gasteiger partial charge in [-0.15, -0.1) is 0 Å². The van der Waals surface area contributed by atoms with E-state index in [2.05, 4.69) is 46.3 Å². The molecule has 3 aromatic heterocycles. The van der Waals surface area contributed by atoms with Crippen molar-refractivity contribution in [3.8, 4) is 0 Å². The second kappa shape index (κ2) is 12.2. The van der Waals surface area contributed by atoms with Gasteiger partial charge in [0.15, 0.2) is 0 Å². The van der Waals surface area contributed by atoms with Crippen LogP contribution in [0.5, 0.6) is 0 Å². The lowest BCUT2D eigenvalue weighted by atomic mass is 10.0. The van der Waals surface area contributed by atoms with Crippen molar-refractivity contribution >= 4 is 50.1 Å². The summed E-state index contributed by atoms with van der Waals surface area (Å²) in [4.78, 5) is 10.5. The third-order valence-electron chi connectivity index (χ3n) is 7.34. The van der Waals surface area contributed by atoms with Crippen molar-refractivity contribution in [3.05, 3.63) is 64.0 Å². The maximum absolute atomic E-state index is 13.1. The third kappa shape index (κ3) is 6.20. The van der Waals surface area contributed by atoms with Crippen LogP contribution in [0.2, 0.25) is 5.28 Å². The van der Waals surface area contributed by atoms with Crippen LogP contribution in [0.25, 0.3) is 11.0 Å². The smallest absolute Gasteiger partial charge is 0.226 e. The number of aliphatic hydroxyl groups is 2. The third-order valence-corrected chi connectivity index (χ3v) is 8.11. The first-order chi connectivity index (χ1) is 18.8. The molecule has 0 unspecified atom stereocenters. The lowest BCUT2D eigenvalue weighted by Gasteiger charge is -2.28. The number of benzene rings is 1. The van der Waals surface area contributed by atoms with Crippen molar-refractivity contribution in [1.82, 2.24) is 30.0 Å². The Kier molecular flexibility index (Phi) is 8.67. The number of nitrogens with one attached hydrogen (secondary N) is 2. The summed E-state index contributed by atoms with van der Waals surface area (Å²) in [5, 5.41) is 33.1. The summed E-state index contributed by atoms with van der Waals surface area (Å²) in [7, 11) is 0. The number of H-pyrrole nitrogens is 1. The molecule has 1 fully saturated rings. The van der Waals surface area contributed by atoms with E-state index in [1.54, 1.807) is 24.5 Å². The molecule has 0 bridgehead atoms. The van der Waals surface area contributed by atoms with Crippen molar-refractivity contribution in [2.75, 3.05) is 36.8 Å². The summed E-state index contributed by atoms with van der Waals surface area (Å²) in [6.45, 7) is 2.89. The first-order valence-electron chi connectivity index (χ1n) is 12.9. The fourth-order valence-corrected chi connectivity index (χ4v) is 6.11. The molecule has 1 aromatic carbocycles. The maximum atomic E-state index is 13.1. The summed E-state index contributed by atoms with van der Waals surface area (Å²) in [6.07, 6.45) is 5.70. The van der Waals surface area contributed by atoms with E-state index in [4.69, 9.17) is 17.3 Å². The number of aliphatic hydroxyl groups excluding tert-OH is 2. The highest BCUT2D eigenvalue weighted by atomic mass is 79.9. The number of aromatic amines is 1. The fourth-order valence-electron chi connectivity index (χ4n) is 5.34. The molecule has 4 atom stereocenters. The summed E-state index contributed by atoms with van der Waals surface area (Å²) < 4.78 is 15.6. The zero-order valence-electron chi connectivity index (χ0n) is 21.1. The number of nitrogen functional groups attached to an aromatic ring is 1. The highest BCUT2D eigenvalue weighted by molar-refractivity contribution is 9.10. The second-order valence-electron chi connectivity index (χ2n) is 9.89. The van der Waals surface area contributed by atoms with Crippen LogP contribution in [0.3, 0.4) is 0 Å². The molecule has 0 radical (unpaired) electrons. The molecule has 208 valence electrons. The molecule has 10 nitrogen and oxygen atoms in total. The Balaban J connectivity index is 1.21. The van der Waals surface area contributed by atoms with E-state index in [0.29, 0.717) is 28.5 Å². The Labute approximate surface area is 238 Å². The standard InChI is InChI=1S/C26H31BrClFN8O2/c27-19-14-37(25-21(19)24(30)34-26(28)35-25)20-10-16(22(38)23(20)39)13-36(18-11-32-33-12-18)9-1-7-31-8-6-15-2-4-17(29)5-3-15/h2-5,11-12,14,16,20,22-23,31,38-39H,1,6-10,13H2,(H,32,33)(H2,30,34,35)/t16-,20-,22-,23+/m1/s1. The Hall–Kier alpha value is -2.77. The van der Waals surface area contributed by atoms with Crippen LogP contribution >= 0.6 is 27.5 Å². The second-order valence-corrected chi connectivity index (χ2v) is 11.1. The van der Waals surface area contributed by atoms with Gasteiger partial charge in [0, 0.05) is 35.9 Å². The van der Waals surface area contributed by atoms with Crippen LogP contribution in [0.4, 0.5) is 15.9 Å². The van der Waals surface area contributed by atoms with E-state index < -0.39 is 18.2 Å². The lowest BCUT2D eigenvalue weighted by molar-refractivity contribution is 0.00791. The van der Waals surface area contributed by atoms with E-state index in [1.807, 2.05) is 10.8 Å². The Morgan fingerprint density at radius 2 is 2.00 bits per heavy atom. The molecule has 3 heterocycles. The van der Waals surface area contributed by atoms with Gasteiger partial charge in [-0.25, -0.2) is 9.37 Å². The largest absolute Gasteiger partial charge is 0.390 e. The number of halogens is 3. The maximum Gasteiger partial charge on any atom is 0.226 e. The molecule has 1 aliphatic rings. The van der Waals surface area contributed by atoms with Gasteiger partial charge in [0.1, 0.15) is 23.4 Å². The quantitative estimate of drug-likeness (QED) is 0.127. The van der Waals surface area contributed by atoms with E-state index in [0.717, 1.165) is 43.7 Å². The van der Waals surface area contributed by atoms with Gasteiger partial charge >= 0.3 is 0 Å². The van der Waals surface area contributed by atoms with Gasteiger partial charge in [0.05, 0.1) is 29.4 Å². The van der Waals surface area contributed by atoms with Gasteiger partial charge in [0.2, 0.25) is 5.28 Å². The van der Waals surface area contributed by atoms with Crippen molar-refractivity contribution in [2.24, 2.45) is 5.92 Å². The fraction of sp³-hybridized carbons (Fsp3) is 0.423. The molecule has 39 heavy (non-hydrogen) atoms. The number of rotatable bonds is 11. The minimum Gasteiger partial charge on any atom is -0.390 e. The minimum absolute atomic E-state index is 0.0221. The van der Waals surface area contributed by atoms with Crippen molar-refractivity contribution in [1.29, 1.82) is 0 Å². The molecule has 0 spiro atoms. The van der Waals surface area contributed by atoms with E-state index in [9.17, 15) is 14.6 Å². The van der Waals surface area contributed by atoms with Gasteiger partial charge < -0.3 is 30.7 Å². The topological polar surface area (TPSA) is 141 Å². The minimum atomic E-state index is -0.994. The molecule has 4 aromatic rings. The van der Waals surface area contributed by atoms with Gasteiger partial charge in [-0.05, 0) is 77.6 Å². The van der Waals surface area contributed by atoms with E-state index in [1.165, 1.54) is 12.1 Å². The zero-order chi connectivity index (χ0) is 27.5. The van der Waals surface area contributed by atoms with Gasteiger partial charge in [-0.1, -0.05) is 12.1 Å². The number of nitrogens with zero attached hydrogens (tertiary/aromatic N) is 5. The highest BCUT2D eigenvalue weighted by Crippen LogP contribution is 2.41. The molecule has 6 N–H and O–H groups in total. The Bertz CT molecular complexity index is 1390. The van der Waals surface area contributed by atoms with Crippen LogP contribution in [0, 0.1) is 11.7 Å². The molecule has 0 aliphatic heterocycles. The number of hydrogen-bond acceptors (Lipinski definition) is 8. The molecular weight excluding hydrogens is 591 g/mol. The van der Waals surface area contributed by atoms with Gasteiger partial charge in [0.25, 0.3) is 0 Å². The van der Waals surface area contributed by atoms with Crippen LogP contribution < -0.4 is 16.0 Å². The average molecular weight is 622 g/mol. The number of anilines is 2. The summed E-state index contributed by atoms with van der Waals surface area (Å²) in [6, 6.07) is 6.15. The highest BCUT2D eigenvalue weighted by Gasteiger charge is 2.43. The molecule has 1 saturated carbocycles. The van der Waals surface area contributed by atoms with Crippen molar-refractivity contribution in [2.45, 2.75) is 37.5 Å². The molecule has 13 heteroatoms. The normalized spacial score (nSPS) is 21.2. The summed E-state index contributed by atoms with van der Waals surface area (Å²) >= 11 is 9.58. The number of aromatic nitrogens is 5. The van der Waals surface area contributed by atoms with Crippen molar-refractivity contribution in [3.63, 3.8) is 0 Å². The monoisotopic (exact) mass is 620 g/mol. The van der Waals surface area contributed by atoms with Crippen LogP contribution in [0.1, 0.15) is 24.4 Å². The van der Waals surface area contributed by atoms with Crippen molar-refractivity contribution < 1.29 is 14.6 Å². The first-order valence-corrected chi connectivity index (χ1v) is 14.0. The van der Waals surface area contributed by atoms with Gasteiger partial charge in [-0.3, -0.25) is 5.10 Å². The van der Waals surface area contributed by atoms with E-state index in [-0.39, 0.29) is 22.8 Å². The molecule has 0 saturated heterocycles. The number of fused-ring (bicyclic) bond motifs is 1. The van der Waals surface area contributed by atoms with Crippen LogP contribution in [-0.2, 0) is 6.42 Å². The van der Waals surface area contributed by atoms with Gasteiger partial charge in [-0.2, -0.15) is 10.1 Å². The average Bonchev–Trinajstić information content (AvgIpc) is 3.62. The predicted molar refractivity (Wildman–Crippen MR) is 152 cm³/mol. The first kappa shape index (κ1) is 27.8. The SMILES string of the molecule is Nc1nc(Cl)nc2c1c(Br)cn2[C@@H]1C[C@H](CN(CCCNCCc2ccc(F)cc2)c2cn[nH]c2)[C@@H](O)[C@H]1O. The predicted octanol–water partition coefficient (Wildman–Crippen LogP) is 3.30. The Morgan fingerprint density at radius 1 is 1.21 bits per heavy atom. The van der Waals surface area contributed by atoms with Crippen LogP contribution in [-0.4, -0.2) is 73.3 Å². The van der Waals surface area contributed by atoms with Crippen LogP contribution in [0.15, 0.2) is 47.3 Å². The lowest BCUT2D eigenvalue weighted by Crippen LogP contribution is -2.37. The number of hydrogen-bond donors (Lipinski definition) is 5. The molecular formula is C26H31BrClFN8O2. The summed E-state index contributed by atoms with van der Waals surface area (Å²) in [5.74, 6) is -0.176.